The number of imidazole rings is 1. The van der Waals surface area contributed by atoms with Crippen molar-refractivity contribution in [3.63, 3.8) is 0 Å². The van der Waals surface area contributed by atoms with Gasteiger partial charge in [0, 0.05) is 18.0 Å². The number of unbranched alkanes of at least 4 members (excludes halogenated alkanes) is 1. The van der Waals surface area contributed by atoms with Gasteiger partial charge in [0.05, 0.1) is 24.6 Å². The molecule has 0 aliphatic heterocycles. The lowest BCUT2D eigenvalue weighted by Crippen LogP contribution is -2.19. The highest BCUT2D eigenvalue weighted by Gasteiger charge is 2.27. The minimum absolute atomic E-state index is 0.00497. The van der Waals surface area contributed by atoms with Crippen LogP contribution in [0.15, 0.2) is 30.5 Å². The van der Waals surface area contributed by atoms with Gasteiger partial charge in [0.25, 0.3) is 0 Å². The smallest absolute Gasteiger partial charge is 0.241 e. The number of hydrogen-bond acceptors (Lipinski definition) is 6. The Morgan fingerprint density at radius 2 is 2.03 bits per heavy atom. The van der Waals surface area contributed by atoms with Gasteiger partial charge in [0.1, 0.15) is 11.3 Å². The van der Waals surface area contributed by atoms with E-state index < -0.39 is 0 Å². The third kappa shape index (κ3) is 4.26. The van der Waals surface area contributed by atoms with E-state index in [1.807, 2.05) is 35.0 Å². The van der Waals surface area contributed by atoms with Gasteiger partial charge in [-0.1, -0.05) is 31.5 Å². The number of nitrogens with one attached hydrogen (secondary N) is 1. The fraction of sp³-hybridized carbons (Fsp3) is 0.500. The Kier molecular flexibility index (Phi) is 6.06. The summed E-state index contributed by atoms with van der Waals surface area (Å²) in [5.41, 5.74) is 3.50. The van der Waals surface area contributed by atoms with Crippen molar-refractivity contribution in [1.82, 2.24) is 19.6 Å². The molecular weight excluding hydrogens is 366 g/mol. The van der Waals surface area contributed by atoms with E-state index in [4.69, 9.17) is 10.1 Å². The highest BCUT2D eigenvalue weighted by molar-refractivity contribution is 5.77. The van der Waals surface area contributed by atoms with Crippen LogP contribution in [0.2, 0.25) is 0 Å². The quantitative estimate of drug-likeness (QED) is 0.530. The number of fused-ring (bicyclic) bond motifs is 1. The Morgan fingerprint density at radius 1 is 1.21 bits per heavy atom. The van der Waals surface area contributed by atoms with Gasteiger partial charge in [-0.25, -0.2) is 14.5 Å². The van der Waals surface area contributed by atoms with Crippen molar-refractivity contribution >= 4 is 11.5 Å². The van der Waals surface area contributed by atoms with Gasteiger partial charge in [0.15, 0.2) is 0 Å². The molecule has 1 fully saturated rings. The average molecular weight is 396 g/mol. The van der Waals surface area contributed by atoms with Gasteiger partial charge < -0.3 is 15.5 Å². The van der Waals surface area contributed by atoms with E-state index >= 15 is 0 Å². The SMILES string of the molecule is CCCCNc1ncc2c(-c3cccc(CO)c3)nc(C3CCC(O)CC3)n2n1. The summed E-state index contributed by atoms with van der Waals surface area (Å²) in [6.45, 7) is 2.99. The average Bonchev–Trinajstić information content (AvgIpc) is 3.13. The summed E-state index contributed by atoms with van der Waals surface area (Å²) < 4.78 is 1.92. The predicted octanol–water partition coefficient (Wildman–Crippen LogP) is 3.51. The number of rotatable bonds is 7. The Balaban J connectivity index is 1.77. The second kappa shape index (κ2) is 8.88. The summed E-state index contributed by atoms with van der Waals surface area (Å²) in [6.07, 6.45) is 7.19. The van der Waals surface area contributed by atoms with Gasteiger partial charge in [-0.3, -0.25) is 0 Å². The first-order valence-electron chi connectivity index (χ1n) is 10.6. The van der Waals surface area contributed by atoms with Crippen molar-refractivity contribution in [1.29, 1.82) is 0 Å². The van der Waals surface area contributed by atoms with Gasteiger partial charge >= 0.3 is 0 Å². The van der Waals surface area contributed by atoms with E-state index in [-0.39, 0.29) is 18.6 Å². The lowest BCUT2D eigenvalue weighted by atomic mass is 9.87. The van der Waals surface area contributed by atoms with Crippen LogP contribution >= 0.6 is 0 Å². The van der Waals surface area contributed by atoms with Crippen LogP contribution in [0.5, 0.6) is 0 Å². The zero-order chi connectivity index (χ0) is 20.2. The molecule has 1 saturated carbocycles. The van der Waals surface area contributed by atoms with Crippen molar-refractivity contribution in [2.75, 3.05) is 11.9 Å². The molecule has 1 aliphatic carbocycles. The number of nitrogens with zero attached hydrogens (tertiary/aromatic N) is 4. The summed E-state index contributed by atoms with van der Waals surface area (Å²) in [7, 11) is 0. The summed E-state index contributed by atoms with van der Waals surface area (Å²) in [4.78, 5) is 9.50. The van der Waals surface area contributed by atoms with Crippen molar-refractivity contribution in [3.8, 4) is 11.3 Å². The second-order valence-electron chi connectivity index (χ2n) is 7.84. The largest absolute Gasteiger partial charge is 0.393 e. The molecule has 1 aromatic carbocycles. The molecule has 0 bridgehead atoms. The van der Waals surface area contributed by atoms with Crippen LogP contribution in [-0.2, 0) is 6.61 Å². The molecule has 0 radical (unpaired) electrons. The summed E-state index contributed by atoms with van der Waals surface area (Å²) in [5, 5.41) is 27.5. The Morgan fingerprint density at radius 3 is 2.79 bits per heavy atom. The third-order valence-corrected chi connectivity index (χ3v) is 5.68. The maximum absolute atomic E-state index is 9.91. The van der Waals surface area contributed by atoms with E-state index in [1.54, 1.807) is 0 Å². The van der Waals surface area contributed by atoms with E-state index in [9.17, 15) is 10.2 Å². The fourth-order valence-corrected chi connectivity index (χ4v) is 3.99. The molecule has 2 aromatic heterocycles. The molecule has 7 heteroatoms. The van der Waals surface area contributed by atoms with E-state index in [0.29, 0.717) is 5.95 Å². The van der Waals surface area contributed by atoms with Gasteiger partial charge in [0.2, 0.25) is 5.95 Å². The van der Waals surface area contributed by atoms with Crippen LogP contribution in [0.1, 0.15) is 62.8 Å². The summed E-state index contributed by atoms with van der Waals surface area (Å²) in [6, 6.07) is 7.80. The topological polar surface area (TPSA) is 95.6 Å². The van der Waals surface area contributed by atoms with Gasteiger partial charge in [-0.05, 0) is 43.7 Å². The molecule has 154 valence electrons. The number of anilines is 1. The lowest BCUT2D eigenvalue weighted by Gasteiger charge is -2.24. The van der Waals surface area contributed by atoms with Crippen molar-refractivity contribution in [2.24, 2.45) is 0 Å². The minimum atomic E-state index is -0.209. The molecule has 2 heterocycles. The lowest BCUT2D eigenvalue weighted by molar-refractivity contribution is 0.121. The van der Waals surface area contributed by atoms with Crippen LogP contribution < -0.4 is 5.32 Å². The van der Waals surface area contributed by atoms with Crippen LogP contribution in [0, 0.1) is 0 Å². The molecule has 29 heavy (non-hydrogen) atoms. The molecule has 0 spiro atoms. The highest BCUT2D eigenvalue weighted by atomic mass is 16.3. The van der Waals surface area contributed by atoms with E-state index in [1.165, 1.54) is 0 Å². The Labute approximate surface area is 170 Å². The van der Waals surface area contributed by atoms with Crippen LogP contribution in [0.3, 0.4) is 0 Å². The summed E-state index contributed by atoms with van der Waals surface area (Å²) >= 11 is 0. The molecule has 0 unspecified atom stereocenters. The number of benzene rings is 1. The first kappa shape index (κ1) is 19.8. The maximum Gasteiger partial charge on any atom is 0.241 e. The zero-order valence-corrected chi connectivity index (χ0v) is 16.9. The molecule has 0 amide bonds. The molecule has 1 aliphatic rings. The minimum Gasteiger partial charge on any atom is -0.393 e. The number of aliphatic hydroxyl groups is 2. The maximum atomic E-state index is 9.91. The van der Waals surface area contributed by atoms with Crippen LogP contribution in [-0.4, -0.2) is 42.4 Å². The van der Waals surface area contributed by atoms with Gasteiger partial charge in [-0.2, -0.15) is 0 Å². The van der Waals surface area contributed by atoms with Crippen molar-refractivity contribution in [2.45, 2.75) is 64.1 Å². The van der Waals surface area contributed by atoms with Crippen molar-refractivity contribution in [3.05, 3.63) is 41.9 Å². The Hall–Kier alpha value is -2.51. The van der Waals surface area contributed by atoms with Crippen LogP contribution in [0.25, 0.3) is 16.8 Å². The standard InChI is InChI=1S/C22H29N5O2/c1-2-3-11-23-22-24-13-19-20(17-6-4-5-15(12-17)14-28)25-21(27(19)26-22)16-7-9-18(29)10-8-16/h4-6,12-13,16,18,28-29H,2-3,7-11,14H2,1H3,(H,23,26). The molecule has 3 N–H and O–H groups in total. The zero-order valence-electron chi connectivity index (χ0n) is 16.9. The van der Waals surface area contributed by atoms with E-state index in [2.05, 4.69) is 17.2 Å². The van der Waals surface area contributed by atoms with Gasteiger partial charge in [-0.15, -0.1) is 5.10 Å². The molecule has 0 saturated heterocycles. The molecule has 7 nitrogen and oxygen atoms in total. The first-order chi connectivity index (χ1) is 14.2. The predicted molar refractivity (Wildman–Crippen MR) is 113 cm³/mol. The molecule has 3 aromatic rings. The summed E-state index contributed by atoms with van der Waals surface area (Å²) in [5.74, 6) is 1.80. The highest BCUT2D eigenvalue weighted by Crippen LogP contribution is 2.35. The Bertz CT molecular complexity index is 963. The van der Waals surface area contributed by atoms with E-state index in [0.717, 1.165) is 73.2 Å². The number of aromatic nitrogens is 4. The first-order valence-corrected chi connectivity index (χ1v) is 10.6. The van der Waals surface area contributed by atoms with Crippen LogP contribution in [0.4, 0.5) is 5.95 Å². The molecule has 4 rings (SSSR count). The third-order valence-electron chi connectivity index (χ3n) is 5.68. The second-order valence-corrected chi connectivity index (χ2v) is 7.84. The normalized spacial score (nSPS) is 19.6. The molecule has 0 atom stereocenters. The number of aliphatic hydroxyl groups excluding tert-OH is 2. The monoisotopic (exact) mass is 395 g/mol. The van der Waals surface area contributed by atoms with Crippen molar-refractivity contribution < 1.29 is 10.2 Å². The fourth-order valence-electron chi connectivity index (χ4n) is 3.99. The number of hydrogen-bond donors (Lipinski definition) is 3. The molecular formula is C22H29N5O2.